The molecule has 0 spiro atoms. The maximum atomic E-state index is 13.2. The van der Waals surface area contributed by atoms with Crippen molar-refractivity contribution in [3.63, 3.8) is 0 Å². The van der Waals surface area contributed by atoms with Gasteiger partial charge in [0.2, 0.25) is 0 Å². The van der Waals surface area contributed by atoms with Crippen LogP contribution in [0.25, 0.3) is 0 Å². The molecule has 8 heteroatoms. The Kier molecular flexibility index (Phi) is 4.79. The monoisotopic (exact) mass is 312 g/mol. The Morgan fingerprint density at radius 2 is 2.14 bits per heavy atom. The molecule has 0 aliphatic rings. The number of halogens is 3. The molecule has 0 aliphatic heterocycles. The van der Waals surface area contributed by atoms with E-state index in [2.05, 4.69) is 15.4 Å². The average molecular weight is 312 g/mol. The molecule has 2 aromatic rings. The van der Waals surface area contributed by atoms with E-state index in [1.807, 2.05) is 6.92 Å². The number of benzene rings is 1. The highest BCUT2D eigenvalue weighted by atomic mass is 19.3. The van der Waals surface area contributed by atoms with E-state index in [-0.39, 0.29) is 5.56 Å². The second-order valence-electron chi connectivity index (χ2n) is 4.67. The molecule has 0 saturated carbocycles. The van der Waals surface area contributed by atoms with Gasteiger partial charge in [-0.2, -0.15) is 5.10 Å². The summed E-state index contributed by atoms with van der Waals surface area (Å²) in [6.45, 7) is 4.16. The zero-order valence-electron chi connectivity index (χ0n) is 12.1. The summed E-state index contributed by atoms with van der Waals surface area (Å²) in [6.07, 6.45) is -1.61. The minimum absolute atomic E-state index is 0.0360. The Morgan fingerprint density at radius 3 is 2.77 bits per heavy atom. The number of hydrogen-bond acceptors (Lipinski definition) is 3. The quantitative estimate of drug-likeness (QED) is 0.923. The van der Waals surface area contributed by atoms with E-state index in [0.717, 1.165) is 18.2 Å². The zero-order chi connectivity index (χ0) is 16.3. The van der Waals surface area contributed by atoms with Crippen molar-refractivity contribution < 1.29 is 18.0 Å². The number of nitrogens with zero attached hydrogens (tertiary/aromatic N) is 3. The van der Waals surface area contributed by atoms with Crippen LogP contribution < -0.4 is 5.32 Å². The van der Waals surface area contributed by atoms with Crippen molar-refractivity contribution >= 4 is 5.91 Å². The van der Waals surface area contributed by atoms with Crippen molar-refractivity contribution in [2.45, 2.75) is 32.9 Å². The van der Waals surface area contributed by atoms with Crippen LogP contribution in [0.1, 0.15) is 48.1 Å². The lowest BCUT2D eigenvalue weighted by Crippen LogP contribution is -2.29. The van der Waals surface area contributed by atoms with Gasteiger partial charge in [-0.1, -0.05) is 0 Å². The largest absolute Gasteiger partial charge is 0.342 e. The van der Waals surface area contributed by atoms with Gasteiger partial charge in [0.05, 0.1) is 11.6 Å². The van der Waals surface area contributed by atoms with E-state index < -0.39 is 29.8 Å². The van der Waals surface area contributed by atoms with E-state index in [1.54, 1.807) is 11.6 Å². The first kappa shape index (κ1) is 16.0. The minimum atomic E-state index is -2.98. The van der Waals surface area contributed by atoms with E-state index in [0.29, 0.717) is 12.4 Å². The van der Waals surface area contributed by atoms with E-state index in [4.69, 9.17) is 0 Å². The van der Waals surface area contributed by atoms with Crippen molar-refractivity contribution in [3.05, 3.63) is 47.3 Å². The van der Waals surface area contributed by atoms with Crippen LogP contribution in [0, 0.1) is 5.82 Å². The van der Waals surface area contributed by atoms with Crippen LogP contribution in [-0.2, 0) is 6.54 Å². The SMILES string of the molecule is CCn1ncnc1C(C)NC(=O)c1ccc(F)c(C(F)F)c1. The third-order valence-electron chi connectivity index (χ3n) is 3.17. The number of aromatic nitrogens is 3. The van der Waals surface area contributed by atoms with Crippen LogP contribution in [-0.4, -0.2) is 20.7 Å². The summed E-state index contributed by atoms with van der Waals surface area (Å²) in [5.74, 6) is -1.07. The molecular weight excluding hydrogens is 297 g/mol. The minimum Gasteiger partial charge on any atom is -0.342 e. The first-order chi connectivity index (χ1) is 10.4. The number of amides is 1. The molecule has 0 aliphatic carbocycles. The fourth-order valence-corrected chi connectivity index (χ4v) is 2.05. The lowest BCUT2D eigenvalue weighted by molar-refractivity contribution is 0.0936. The molecule has 22 heavy (non-hydrogen) atoms. The Bertz CT molecular complexity index is 672. The van der Waals surface area contributed by atoms with Crippen molar-refractivity contribution in [2.24, 2.45) is 0 Å². The molecule has 0 saturated heterocycles. The van der Waals surface area contributed by atoms with Gasteiger partial charge in [-0.25, -0.2) is 22.8 Å². The summed E-state index contributed by atoms with van der Waals surface area (Å²) in [5, 5.41) is 6.62. The number of alkyl halides is 2. The number of carbonyl (C=O) groups excluding carboxylic acids is 1. The summed E-state index contributed by atoms with van der Waals surface area (Å²) < 4.78 is 40.2. The van der Waals surface area contributed by atoms with Gasteiger partial charge in [0.15, 0.2) is 0 Å². The molecular formula is C14H15F3N4O. The van der Waals surface area contributed by atoms with Gasteiger partial charge in [-0.05, 0) is 32.0 Å². The average Bonchev–Trinajstić information content (AvgIpc) is 2.95. The standard InChI is InChI=1S/C14H15F3N4O/c1-3-21-13(18-7-19-21)8(2)20-14(22)9-4-5-11(15)10(6-9)12(16)17/h4-8,12H,3H2,1-2H3,(H,20,22). The summed E-state index contributed by atoms with van der Waals surface area (Å²) in [7, 11) is 0. The molecule has 5 nitrogen and oxygen atoms in total. The smallest absolute Gasteiger partial charge is 0.266 e. The first-order valence-corrected chi connectivity index (χ1v) is 6.70. The molecule has 0 fully saturated rings. The molecule has 1 atom stereocenters. The summed E-state index contributed by atoms with van der Waals surface area (Å²) >= 11 is 0. The molecule has 0 bridgehead atoms. The molecule has 1 unspecified atom stereocenters. The van der Waals surface area contributed by atoms with Crippen molar-refractivity contribution in [2.75, 3.05) is 0 Å². The lowest BCUT2D eigenvalue weighted by atomic mass is 10.1. The molecule has 118 valence electrons. The van der Waals surface area contributed by atoms with Gasteiger partial charge >= 0.3 is 0 Å². The van der Waals surface area contributed by atoms with Crippen LogP contribution in [0.3, 0.4) is 0 Å². The van der Waals surface area contributed by atoms with Crippen molar-refractivity contribution in [1.82, 2.24) is 20.1 Å². The van der Waals surface area contributed by atoms with Gasteiger partial charge in [0.25, 0.3) is 12.3 Å². The highest BCUT2D eigenvalue weighted by molar-refractivity contribution is 5.94. The summed E-state index contributed by atoms with van der Waals surface area (Å²) in [4.78, 5) is 16.2. The predicted molar refractivity (Wildman–Crippen MR) is 72.9 cm³/mol. The Labute approximate surface area is 125 Å². The molecule has 0 radical (unpaired) electrons. The van der Waals surface area contributed by atoms with Gasteiger partial charge in [-0.3, -0.25) is 4.79 Å². The molecule has 1 amide bonds. The highest BCUT2D eigenvalue weighted by Crippen LogP contribution is 2.23. The van der Waals surface area contributed by atoms with Gasteiger partial charge in [0, 0.05) is 12.1 Å². The first-order valence-electron chi connectivity index (χ1n) is 6.70. The number of hydrogen-bond donors (Lipinski definition) is 1. The molecule has 1 heterocycles. The number of rotatable bonds is 5. The molecule has 1 N–H and O–H groups in total. The third-order valence-corrected chi connectivity index (χ3v) is 3.17. The van der Waals surface area contributed by atoms with Crippen LogP contribution in [0.4, 0.5) is 13.2 Å². The van der Waals surface area contributed by atoms with Crippen LogP contribution >= 0.6 is 0 Å². The number of nitrogens with one attached hydrogen (secondary N) is 1. The highest BCUT2D eigenvalue weighted by Gasteiger charge is 2.19. The molecule has 1 aromatic heterocycles. The lowest BCUT2D eigenvalue weighted by Gasteiger charge is -2.14. The zero-order valence-corrected chi connectivity index (χ0v) is 12.1. The fraction of sp³-hybridized carbons (Fsp3) is 0.357. The molecule has 1 aromatic carbocycles. The topological polar surface area (TPSA) is 59.8 Å². The van der Waals surface area contributed by atoms with E-state index in [1.165, 1.54) is 6.33 Å². The van der Waals surface area contributed by atoms with Gasteiger partial charge < -0.3 is 5.32 Å². The van der Waals surface area contributed by atoms with Crippen LogP contribution in [0.5, 0.6) is 0 Å². The normalized spacial score (nSPS) is 12.5. The predicted octanol–water partition coefficient (Wildman–Crippen LogP) is 2.87. The Balaban J connectivity index is 2.17. The fourth-order valence-electron chi connectivity index (χ4n) is 2.05. The summed E-state index contributed by atoms with van der Waals surface area (Å²) in [5.41, 5.74) is -0.830. The van der Waals surface area contributed by atoms with Crippen molar-refractivity contribution in [1.29, 1.82) is 0 Å². The third kappa shape index (κ3) is 3.26. The maximum absolute atomic E-state index is 13.2. The number of aryl methyl sites for hydroxylation is 1. The van der Waals surface area contributed by atoms with Crippen molar-refractivity contribution in [3.8, 4) is 0 Å². The van der Waals surface area contributed by atoms with Crippen LogP contribution in [0.15, 0.2) is 24.5 Å². The maximum Gasteiger partial charge on any atom is 0.266 e. The number of carbonyl (C=O) groups is 1. The van der Waals surface area contributed by atoms with Gasteiger partial charge in [0.1, 0.15) is 18.0 Å². The second-order valence-corrected chi connectivity index (χ2v) is 4.67. The van der Waals surface area contributed by atoms with E-state index >= 15 is 0 Å². The Morgan fingerprint density at radius 1 is 1.41 bits per heavy atom. The summed E-state index contributed by atoms with van der Waals surface area (Å²) in [6, 6.07) is 2.41. The Hall–Kier alpha value is -2.38. The van der Waals surface area contributed by atoms with E-state index in [9.17, 15) is 18.0 Å². The van der Waals surface area contributed by atoms with Gasteiger partial charge in [-0.15, -0.1) is 0 Å². The van der Waals surface area contributed by atoms with Crippen LogP contribution in [0.2, 0.25) is 0 Å². The molecule has 2 rings (SSSR count). The second kappa shape index (κ2) is 6.59.